The fraction of sp³-hybridized carbons (Fsp3) is 0.409. The Labute approximate surface area is 219 Å². The van der Waals surface area contributed by atoms with Gasteiger partial charge in [-0.05, 0) is 40.6 Å². The van der Waals surface area contributed by atoms with Gasteiger partial charge in [-0.2, -0.15) is 0 Å². The number of amides is 2. The number of hydrogen-bond acceptors (Lipinski definition) is 10. The highest BCUT2D eigenvalue weighted by Crippen LogP contribution is 2.49. The van der Waals surface area contributed by atoms with E-state index >= 15 is 0 Å². The molecule has 1 unspecified atom stereocenters. The van der Waals surface area contributed by atoms with Crippen molar-refractivity contribution >= 4 is 47.3 Å². The number of fused-ring (bicyclic) bond motifs is 1. The maximum Gasteiger partial charge on any atom is 0.352 e. The predicted octanol–water partition coefficient (Wildman–Crippen LogP) is 0.226. The number of carbonyl (C=O) groups excluding carboxylic acids is 2. The lowest BCUT2D eigenvalue weighted by atomic mass is 9.91. The molecule has 37 heavy (non-hydrogen) atoms. The van der Waals surface area contributed by atoms with Gasteiger partial charge in [0, 0.05) is 12.3 Å². The summed E-state index contributed by atoms with van der Waals surface area (Å²) in [5.74, 6) is -3.64. The Balaban J connectivity index is 1.58. The van der Waals surface area contributed by atoms with Crippen LogP contribution in [0.1, 0.15) is 24.5 Å². The van der Waals surface area contributed by atoms with Crippen molar-refractivity contribution in [2.75, 3.05) is 12.8 Å². The van der Waals surface area contributed by atoms with Crippen molar-refractivity contribution in [3.8, 4) is 0 Å². The van der Waals surface area contributed by atoms with Crippen molar-refractivity contribution in [1.82, 2.24) is 36.2 Å². The van der Waals surface area contributed by atoms with Gasteiger partial charge in [0.15, 0.2) is 0 Å². The Morgan fingerprint density at radius 3 is 2.59 bits per heavy atom. The molecule has 15 heteroatoms. The van der Waals surface area contributed by atoms with Crippen LogP contribution in [0.2, 0.25) is 0 Å². The number of aliphatic carboxylic acids is 2. The van der Waals surface area contributed by atoms with Crippen LogP contribution in [0.5, 0.6) is 0 Å². The van der Waals surface area contributed by atoms with Crippen molar-refractivity contribution in [3.05, 3.63) is 46.7 Å². The van der Waals surface area contributed by atoms with Crippen LogP contribution in [0.3, 0.4) is 0 Å². The number of H-pyrrole nitrogens is 1. The van der Waals surface area contributed by atoms with Crippen LogP contribution in [0.15, 0.2) is 40.7 Å². The number of benzene rings is 1. The van der Waals surface area contributed by atoms with Gasteiger partial charge in [0.1, 0.15) is 21.9 Å². The highest BCUT2D eigenvalue weighted by Gasteiger charge is 2.58. The van der Waals surface area contributed by atoms with Crippen LogP contribution in [0.25, 0.3) is 0 Å². The molecule has 1 aromatic heterocycles. The summed E-state index contributed by atoms with van der Waals surface area (Å²) in [4.78, 5) is 51.8. The molecule has 1 fully saturated rings. The lowest BCUT2D eigenvalue weighted by Gasteiger charge is -2.51. The van der Waals surface area contributed by atoms with E-state index in [4.69, 9.17) is 0 Å². The van der Waals surface area contributed by atoms with Crippen molar-refractivity contribution in [2.24, 2.45) is 0 Å². The van der Waals surface area contributed by atoms with Crippen LogP contribution in [0.4, 0.5) is 0 Å². The molecule has 0 radical (unpaired) electrons. The molecule has 13 nitrogen and oxygen atoms in total. The minimum absolute atomic E-state index is 0.0132. The monoisotopic (exact) mass is 547 g/mol. The molecule has 0 saturated carbocycles. The van der Waals surface area contributed by atoms with Crippen LogP contribution in [-0.4, -0.2) is 88.5 Å². The van der Waals surface area contributed by atoms with Gasteiger partial charge < -0.3 is 20.8 Å². The molecule has 3 atom stereocenters. The van der Waals surface area contributed by atoms with E-state index in [9.17, 15) is 29.4 Å². The number of β-lactam (4-membered cyclic amide) rings is 1. The number of thioether (sulfide) groups is 2. The third-order valence-electron chi connectivity index (χ3n) is 6.25. The molecule has 0 aliphatic carbocycles. The average Bonchev–Trinajstić information content (AvgIpc) is 3.39. The Morgan fingerprint density at radius 1 is 1.27 bits per heavy atom. The lowest BCUT2D eigenvalue weighted by Crippen LogP contribution is -2.71. The smallest absolute Gasteiger partial charge is 0.352 e. The fourth-order valence-corrected chi connectivity index (χ4v) is 7.01. The number of nitrogens with one attached hydrogen (secondary N) is 3. The maximum absolute atomic E-state index is 13.1. The minimum atomic E-state index is -1.72. The third kappa shape index (κ3) is 4.93. The van der Waals surface area contributed by atoms with Crippen LogP contribution < -0.4 is 10.6 Å². The lowest BCUT2D eigenvalue weighted by molar-refractivity contribution is -0.151. The van der Waals surface area contributed by atoms with Crippen molar-refractivity contribution in [3.63, 3.8) is 0 Å². The first-order valence-electron chi connectivity index (χ1n) is 11.3. The van der Waals surface area contributed by atoms with Gasteiger partial charge in [0.25, 0.3) is 5.91 Å². The fourth-order valence-electron chi connectivity index (χ4n) is 4.45. The van der Waals surface area contributed by atoms with Gasteiger partial charge in [0.2, 0.25) is 11.1 Å². The Kier molecular flexibility index (Phi) is 7.85. The molecule has 2 amide bonds. The molecular weight excluding hydrogens is 522 g/mol. The van der Waals surface area contributed by atoms with Gasteiger partial charge in [-0.25, -0.2) is 9.89 Å². The van der Waals surface area contributed by atoms with E-state index in [0.29, 0.717) is 6.54 Å². The van der Waals surface area contributed by atoms with E-state index in [1.165, 1.54) is 11.8 Å². The number of aromatic amines is 1. The molecule has 5 N–H and O–H groups in total. The highest BCUT2D eigenvalue weighted by molar-refractivity contribution is 8.02. The summed E-state index contributed by atoms with van der Waals surface area (Å²) in [6.07, 6.45) is 0.0744. The summed E-state index contributed by atoms with van der Waals surface area (Å²) < 4.78 is -1.72. The summed E-state index contributed by atoms with van der Waals surface area (Å²) in [5, 5.41) is 38.6. The van der Waals surface area contributed by atoms with Gasteiger partial charge >= 0.3 is 11.9 Å². The molecule has 4 rings (SSSR count). The summed E-state index contributed by atoms with van der Waals surface area (Å²) in [6.45, 7) is 2.19. The molecule has 0 spiro atoms. The van der Waals surface area contributed by atoms with Crippen molar-refractivity contribution in [2.45, 2.75) is 47.6 Å². The number of hydrogen-bond donors (Lipinski definition) is 5. The van der Waals surface area contributed by atoms with E-state index in [1.807, 2.05) is 24.3 Å². The number of nitrogens with zero attached hydrogens (tertiary/aromatic N) is 4. The zero-order valence-corrected chi connectivity index (χ0v) is 21.6. The third-order valence-corrected chi connectivity index (χ3v) is 8.96. The highest BCUT2D eigenvalue weighted by atomic mass is 32.2. The molecule has 2 aliphatic rings. The topological polar surface area (TPSA) is 190 Å². The molecule has 3 heterocycles. The van der Waals surface area contributed by atoms with Crippen LogP contribution in [0, 0.1) is 0 Å². The standard InChI is InChI=1S/C22H25N7O6S2/c1-3-22(20(34)35,37-21-25-27-28-26-21)13-10-36-18-15(17(31)29(18)16(13)19(32)33)24-14(30)8-11-6-4-5-7-12(11)9-23-2/h4-7,15,18,23H,3,8-10H2,1-2H3,(H,24,30)(H,32,33)(H,34,35)(H,25,26,27,28)/t15-,18-,22?/m0/s1. The molecule has 1 aromatic carbocycles. The Morgan fingerprint density at radius 2 is 2.00 bits per heavy atom. The van der Waals surface area contributed by atoms with Crippen LogP contribution in [-0.2, 0) is 32.1 Å². The van der Waals surface area contributed by atoms with Crippen LogP contribution >= 0.6 is 23.5 Å². The number of carboxylic acids is 2. The molecule has 196 valence electrons. The zero-order chi connectivity index (χ0) is 26.7. The van der Waals surface area contributed by atoms with Gasteiger partial charge in [0.05, 0.1) is 6.42 Å². The summed E-state index contributed by atoms with van der Waals surface area (Å²) in [7, 11) is 1.80. The van der Waals surface area contributed by atoms with E-state index < -0.39 is 34.0 Å². The van der Waals surface area contributed by atoms with E-state index in [-0.39, 0.29) is 40.9 Å². The quantitative estimate of drug-likeness (QED) is 0.190. The van der Waals surface area contributed by atoms with Gasteiger partial charge in [-0.1, -0.05) is 43.0 Å². The minimum Gasteiger partial charge on any atom is -0.480 e. The Hall–Kier alpha value is -3.43. The van der Waals surface area contributed by atoms with E-state index in [1.54, 1.807) is 14.0 Å². The number of carbonyl (C=O) groups is 4. The van der Waals surface area contributed by atoms with Crippen molar-refractivity contribution < 1.29 is 29.4 Å². The number of tetrazole rings is 1. The number of carboxylic acid groups (broad SMARTS) is 2. The first kappa shape index (κ1) is 26.6. The predicted molar refractivity (Wildman–Crippen MR) is 133 cm³/mol. The van der Waals surface area contributed by atoms with Crippen molar-refractivity contribution in [1.29, 1.82) is 0 Å². The molecule has 2 aliphatic heterocycles. The van der Waals surface area contributed by atoms with E-state index in [2.05, 4.69) is 31.3 Å². The van der Waals surface area contributed by atoms with E-state index in [0.717, 1.165) is 27.8 Å². The van der Waals surface area contributed by atoms with Gasteiger partial charge in [-0.15, -0.1) is 16.9 Å². The average molecular weight is 548 g/mol. The van der Waals surface area contributed by atoms with Gasteiger partial charge in [-0.3, -0.25) is 19.3 Å². The zero-order valence-electron chi connectivity index (χ0n) is 19.9. The number of aromatic nitrogens is 4. The summed E-state index contributed by atoms with van der Waals surface area (Å²) in [6, 6.07) is 6.54. The normalized spacial score (nSPS) is 20.6. The second kappa shape index (κ2) is 10.9. The SMILES string of the molecule is CCC(Sc1nnn[nH]1)(C(=O)O)C1=C(C(=O)O)N2C(=O)[C@H](NC(=O)Cc3ccccc3CNC)[C@@H]2SC1. The first-order chi connectivity index (χ1) is 17.7. The molecule has 0 bridgehead atoms. The molecule has 1 saturated heterocycles. The second-order valence-electron chi connectivity index (χ2n) is 8.36. The second-order valence-corrected chi connectivity index (χ2v) is 10.8. The molecule has 2 aromatic rings. The first-order valence-corrected chi connectivity index (χ1v) is 13.2. The summed E-state index contributed by atoms with van der Waals surface area (Å²) in [5.41, 5.74) is 1.45. The maximum atomic E-state index is 13.1. The number of rotatable bonds is 11. The molecular formula is C22H25N7O6S2. The largest absolute Gasteiger partial charge is 0.480 e. The summed E-state index contributed by atoms with van der Waals surface area (Å²) >= 11 is 1.99. The Bertz CT molecular complexity index is 1250.